The smallest absolute Gasteiger partial charge is 0.215 e. The number of rotatable bonds is 10. The predicted octanol–water partition coefficient (Wildman–Crippen LogP) is 8.45. The summed E-state index contributed by atoms with van der Waals surface area (Å²) in [7, 11) is 0. The molecular weight excluding hydrogens is 645 g/mol. The van der Waals surface area contributed by atoms with Gasteiger partial charge in [0.15, 0.2) is 11.4 Å². The van der Waals surface area contributed by atoms with E-state index in [1.54, 1.807) is 33.9 Å². The molecule has 2 heterocycles. The Kier molecular flexibility index (Phi) is 10.4. The first-order valence-corrected chi connectivity index (χ1v) is 16.9. The second kappa shape index (κ2) is 16.1. The van der Waals surface area contributed by atoms with Gasteiger partial charge in [0.05, 0.1) is 13.1 Å². The van der Waals surface area contributed by atoms with Crippen molar-refractivity contribution in [3.05, 3.63) is 216 Å². The van der Waals surface area contributed by atoms with E-state index in [9.17, 15) is 9.59 Å². The summed E-state index contributed by atoms with van der Waals surface area (Å²) < 4.78 is 0. The summed E-state index contributed by atoms with van der Waals surface area (Å²) in [5.74, 6) is -0.243. The predicted molar refractivity (Wildman–Crippen MR) is 202 cm³/mol. The average Bonchev–Trinajstić information content (AvgIpc) is 3.84. The van der Waals surface area contributed by atoms with Crippen molar-refractivity contribution in [3.63, 3.8) is 0 Å². The second-order valence-electron chi connectivity index (χ2n) is 11.9. The molecule has 0 radical (unpaired) electrons. The van der Waals surface area contributed by atoms with Gasteiger partial charge in [-0.25, -0.2) is 0 Å². The topological polar surface area (TPSA) is 95.6 Å². The van der Waals surface area contributed by atoms with E-state index in [4.69, 9.17) is 0 Å². The van der Waals surface area contributed by atoms with Crippen LogP contribution in [0.2, 0.25) is 0 Å². The van der Waals surface area contributed by atoms with Gasteiger partial charge in [-0.3, -0.25) is 9.59 Å². The zero-order valence-electron chi connectivity index (χ0n) is 28.2. The molecule has 0 fully saturated rings. The van der Waals surface area contributed by atoms with Gasteiger partial charge in [0, 0.05) is 22.3 Å². The first-order chi connectivity index (χ1) is 25.6. The third-order valence-corrected chi connectivity index (χ3v) is 8.24. The molecule has 8 aromatic rings. The first kappa shape index (κ1) is 33.4. The Labute approximate surface area is 301 Å². The van der Waals surface area contributed by atoms with E-state index in [0.717, 1.165) is 22.3 Å². The largest absolute Gasteiger partial charge is 0.287 e. The van der Waals surface area contributed by atoms with Crippen molar-refractivity contribution in [2.45, 2.75) is 13.1 Å². The van der Waals surface area contributed by atoms with E-state index in [0.29, 0.717) is 47.0 Å². The van der Waals surface area contributed by atoms with Crippen LogP contribution in [0, 0.1) is 0 Å². The molecule has 0 aliphatic rings. The van der Waals surface area contributed by atoms with Gasteiger partial charge in [-0.2, -0.15) is 19.8 Å². The molecule has 52 heavy (non-hydrogen) atoms. The van der Waals surface area contributed by atoms with Crippen LogP contribution < -0.4 is 0 Å². The minimum atomic E-state index is -0.122. The van der Waals surface area contributed by atoms with Crippen LogP contribution in [0.15, 0.2) is 182 Å². The minimum Gasteiger partial charge on any atom is -0.287 e. The Morgan fingerprint density at radius 3 is 0.981 bits per heavy atom. The summed E-state index contributed by atoms with van der Waals surface area (Å²) in [5, 5.41) is 18.2. The lowest BCUT2D eigenvalue weighted by molar-refractivity contribution is 0.102. The SMILES string of the molecule is O=C(c1ccccc1)c1nn(Cc2ccccc2)nc1-c1ccccc1.O=C(c1ccccc1)c1nn(Cc2ccccc2)nc1-c1ccccc1. The lowest BCUT2D eigenvalue weighted by atomic mass is 10.0. The van der Waals surface area contributed by atoms with Gasteiger partial charge >= 0.3 is 0 Å². The van der Waals surface area contributed by atoms with Crippen LogP contribution >= 0.6 is 0 Å². The molecule has 8 heteroatoms. The molecule has 6 aromatic carbocycles. The molecule has 0 saturated carbocycles. The number of hydrogen-bond donors (Lipinski definition) is 0. The van der Waals surface area contributed by atoms with Gasteiger partial charge in [0.25, 0.3) is 0 Å². The van der Waals surface area contributed by atoms with Crippen LogP contribution in [0.25, 0.3) is 22.5 Å². The molecular formula is C44H34N6O2. The molecule has 0 aliphatic carbocycles. The molecule has 0 amide bonds. The fourth-order valence-electron chi connectivity index (χ4n) is 5.67. The van der Waals surface area contributed by atoms with Gasteiger partial charge in [0.1, 0.15) is 11.4 Å². The van der Waals surface area contributed by atoms with Crippen molar-refractivity contribution in [2.24, 2.45) is 0 Å². The average molecular weight is 679 g/mol. The summed E-state index contributed by atoms with van der Waals surface area (Å²) in [4.78, 5) is 29.2. The zero-order chi connectivity index (χ0) is 35.5. The monoisotopic (exact) mass is 678 g/mol. The maximum absolute atomic E-state index is 13.0. The highest BCUT2D eigenvalue weighted by Gasteiger charge is 2.22. The van der Waals surface area contributed by atoms with E-state index >= 15 is 0 Å². The number of aromatic nitrogens is 6. The van der Waals surface area contributed by atoms with Crippen LogP contribution in [0.5, 0.6) is 0 Å². The van der Waals surface area contributed by atoms with Crippen molar-refractivity contribution in [1.82, 2.24) is 30.0 Å². The molecule has 2 aromatic heterocycles. The number of carbonyl (C=O) groups excluding carboxylic acids is 2. The summed E-state index contributed by atoms with van der Waals surface area (Å²) in [5.41, 5.74) is 7.11. The first-order valence-electron chi connectivity index (χ1n) is 16.9. The van der Waals surface area contributed by atoms with Crippen molar-refractivity contribution in [1.29, 1.82) is 0 Å². The fraction of sp³-hybridized carbons (Fsp3) is 0.0455. The third-order valence-electron chi connectivity index (χ3n) is 8.24. The van der Waals surface area contributed by atoms with Gasteiger partial charge < -0.3 is 0 Å². The van der Waals surface area contributed by atoms with Crippen molar-refractivity contribution in [2.75, 3.05) is 0 Å². The van der Waals surface area contributed by atoms with E-state index in [-0.39, 0.29) is 11.6 Å². The molecule has 0 atom stereocenters. The quantitative estimate of drug-likeness (QED) is 0.135. The Bertz CT molecular complexity index is 2190. The molecule has 8 nitrogen and oxygen atoms in total. The Morgan fingerprint density at radius 2 is 0.654 bits per heavy atom. The standard InChI is InChI=1S/2C22H17N3O/c2*26-22(19-14-8-3-9-15-19)21-20(18-12-6-2-7-13-18)23-25(24-21)16-17-10-4-1-5-11-17/h2*1-15H,16H2. The minimum absolute atomic E-state index is 0.122. The number of ketones is 2. The lowest BCUT2D eigenvalue weighted by Gasteiger charge is -2.00. The Morgan fingerprint density at radius 1 is 0.365 bits per heavy atom. The molecule has 0 unspecified atom stereocenters. The van der Waals surface area contributed by atoms with E-state index in [1.165, 1.54) is 0 Å². The summed E-state index contributed by atoms with van der Waals surface area (Å²) in [6.45, 7) is 1.03. The van der Waals surface area contributed by atoms with Gasteiger partial charge in [-0.1, -0.05) is 182 Å². The van der Waals surface area contributed by atoms with Crippen LogP contribution in [-0.4, -0.2) is 41.6 Å². The lowest BCUT2D eigenvalue weighted by Crippen LogP contribution is -2.07. The highest BCUT2D eigenvalue weighted by molar-refractivity contribution is 6.11. The number of benzene rings is 6. The van der Waals surface area contributed by atoms with E-state index in [1.807, 2.05) is 158 Å². The molecule has 0 bridgehead atoms. The molecule has 8 rings (SSSR count). The van der Waals surface area contributed by atoms with Crippen LogP contribution in [-0.2, 0) is 13.1 Å². The van der Waals surface area contributed by atoms with Crippen LogP contribution in [0.4, 0.5) is 0 Å². The maximum Gasteiger partial charge on any atom is 0.215 e. The zero-order valence-corrected chi connectivity index (χ0v) is 28.2. The van der Waals surface area contributed by atoms with Gasteiger partial charge in [0.2, 0.25) is 11.6 Å². The summed E-state index contributed by atoms with van der Waals surface area (Å²) in [6.07, 6.45) is 0. The van der Waals surface area contributed by atoms with E-state index < -0.39 is 0 Å². The van der Waals surface area contributed by atoms with Crippen LogP contribution in [0.1, 0.15) is 43.2 Å². The maximum atomic E-state index is 13.0. The highest BCUT2D eigenvalue weighted by Crippen LogP contribution is 2.24. The summed E-state index contributed by atoms with van der Waals surface area (Å²) >= 11 is 0. The molecule has 0 aliphatic heterocycles. The molecule has 0 saturated heterocycles. The van der Waals surface area contributed by atoms with E-state index in [2.05, 4.69) is 20.4 Å². The van der Waals surface area contributed by atoms with Crippen molar-refractivity contribution < 1.29 is 9.59 Å². The third kappa shape index (κ3) is 8.04. The number of nitrogens with zero attached hydrogens (tertiary/aromatic N) is 6. The highest BCUT2D eigenvalue weighted by atomic mass is 16.1. The Balaban J connectivity index is 0.000000162. The van der Waals surface area contributed by atoms with Crippen LogP contribution in [0.3, 0.4) is 0 Å². The molecule has 0 spiro atoms. The molecule has 0 N–H and O–H groups in total. The normalized spacial score (nSPS) is 10.6. The van der Waals surface area contributed by atoms with Crippen molar-refractivity contribution in [3.8, 4) is 22.5 Å². The van der Waals surface area contributed by atoms with Gasteiger partial charge in [-0.15, -0.1) is 10.2 Å². The number of hydrogen-bond acceptors (Lipinski definition) is 6. The second-order valence-corrected chi connectivity index (χ2v) is 11.9. The van der Waals surface area contributed by atoms with Gasteiger partial charge in [-0.05, 0) is 11.1 Å². The molecule has 252 valence electrons. The number of carbonyl (C=O) groups is 2. The van der Waals surface area contributed by atoms with Crippen molar-refractivity contribution >= 4 is 11.6 Å². The fourth-order valence-corrected chi connectivity index (χ4v) is 5.67. The Hall–Kier alpha value is -7.06. The summed E-state index contributed by atoms with van der Waals surface area (Å²) in [6, 6.07) is 57.7.